The van der Waals surface area contributed by atoms with Crippen molar-refractivity contribution in [2.45, 2.75) is 52.5 Å². The molecule has 1 atom stereocenters. The zero-order valence-electron chi connectivity index (χ0n) is 11.0. The fourth-order valence-electron chi connectivity index (χ4n) is 1.97. The van der Waals surface area contributed by atoms with E-state index >= 15 is 0 Å². The Hall–Kier alpha value is -0.900. The highest BCUT2D eigenvalue weighted by Gasteiger charge is 2.15. The van der Waals surface area contributed by atoms with Gasteiger partial charge in [0, 0.05) is 19.4 Å². The standard InChI is InChI=1S/C12H24N4/c1-5-8-10(9-13-4)16-12(7-3)14-11(6-2)15-16/h10,13H,5-9H2,1-4H3. The summed E-state index contributed by atoms with van der Waals surface area (Å²) < 4.78 is 2.12. The predicted molar refractivity (Wildman–Crippen MR) is 66.6 cm³/mol. The largest absolute Gasteiger partial charge is 0.318 e. The summed E-state index contributed by atoms with van der Waals surface area (Å²) in [4.78, 5) is 4.56. The molecule has 92 valence electrons. The van der Waals surface area contributed by atoms with Crippen LogP contribution in [0.15, 0.2) is 0 Å². The summed E-state index contributed by atoms with van der Waals surface area (Å²) in [6.45, 7) is 7.42. The van der Waals surface area contributed by atoms with Crippen LogP contribution < -0.4 is 5.32 Å². The Morgan fingerprint density at radius 3 is 2.50 bits per heavy atom. The van der Waals surface area contributed by atoms with E-state index in [4.69, 9.17) is 0 Å². The molecule has 0 aliphatic heterocycles. The maximum absolute atomic E-state index is 4.60. The highest BCUT2D eigenvalue weighted by molar-refractivity contribution is 4.95. The summed E-state index contributed by atoms with van der Waals surface area (Å²) in [6, 6.07) is 0.442. The van der Waals surface area contributed by atoms with Crippen molar-refractivity contribution in [2.75, 3.05) is 13.6 Å². The Morgan fingerprint density at radius 1 is 1.25 bits per heavy atom. The van der Waals surface area contributed by atoms with Crippen LogP contribution in [0, 0.1) is 0 Å². The van der Waals surface area contributed by atoms with Crippen LogP contribution in [0.5, 0.6) is 0 Å². The van der Waals surface area contributed by atoms with E-state index in [9.17, 15) is 0 Å². The molecule has 16 heavy (non-hydrogen) atoms. The van der Waals surface area contributed by atoms with Crippen LogP contribution in [0.4, 0.5) is 0 Å². The van der Waals surface area contributed by atoms with E-state index in [0.29, 0.717) is 6.04 Å². The SMILES string of the molecule is CCCC(CNC)n1nc(CC)nc1CC. The molecule has 0 saturated heterocycles. The molecule has 1 rings (SSSR count). The number of aromatic nitrogens is 3. The molecule has 0 aromatic carbocycles. The molecule has 4 nitrogen and oxygen atoms in total. The number of nitrogens with one attached hydrogen (secondary N) is 1. The van der Waals surface area contributed by atoms with Crippen LogP contribution in [0.2, 0.25) is 0 Å². The second-order valence-electron chi connectivity index (χ2n) is 4.10. The van der Waals surface area contributed by atoms with E-state index in [1.54, 1.807) is 0 Å². The van der Waals surface area contributed by atoms with E-state index in [1.165, 1.54) is 6.42 Å². The van der Waals surface area contributed by atoms with Crippen molar-refractivity contribution in [2.24, 2.45) is 0 Å². The van der Waals surface area contributed by atoms with Crippen LogP contribution in [0.3, 0.4) is 0 Å². The maximum atomic E-state index is 4.60. The van der Waals surface area contributed by atoms with Gasteiger partial charge in [0.2, 0.25) is 0 Å². The minimum atomic E-state index is 0.442. The second kappa shape index (κ2) is 6.63. The maximum Gasteiger partial charge on any atom is 0.150 e. The monoisotopic (exact) mass is 224 g/mol. The summed E-state index contributed by atoms with van der Waals surface area (Å²) >= 11 is 0. The van der Waals surface area contributed by atoms with Gasteiger partial charge in [0.25, 0.3) is 0 Å². The number of hydrogen-bond donors (Lipinski definition) is 1. The van der Waals surface area contributed by atoms with Gasteiger partial charge in [-0.1, -0.05) is 27.2 Å². The Kier molecular flexibility index (Phi) is 5.46. The molecule has 0 aliphatic rings. The minimum Gasteiger partial charge on any atom is -0.318 e. The molecule has 0 amide bonds. The van der Waals surface area contributed by atoms with Gasteiger partial charge >= 0.3 is 0 Å². The van der Waals surface area contributed by atoms with E-state index in [-0.39, 0.29) is 0 Å². The van der Waals surface area contributed by atoms with Crippen LogP contribution >= 0.6 is 0 Å². The molecule has 4 heteroatoms. The average Bonchev–Trinajstić information content (AvgIpc) is 2.72. The number of hydrogen-bond acceptors (Lipinski definition) is 3. The zero-order valence-corrected chi connectivity index (χ0v) is 11.0. The highest BCUT2D eigenvalue weighted by Crippen LogP contribution is 2.15. The Labute approximate surface area is 98.5 Å². The first kappa shape index (κ1) is 13.2. The molecule has 0 bridgehead atoms. The summed E-state index contributed by atoms with van der Waals surface area (Å²) in [5.41, 5.74) is 0. The fourth-order valence-corrected chi connectivity index (χ4v) is 1.97. The topological polar surface area (TPSA) is 42.7 Å². The molecule has 0 saturated carbocycles. The van der Waals surface area contributed by atoms with Crippen molar-refractivity contribution in [3.05, 3.63) is 11.6 Å². The third kappa shape index (κ3) is 3.04. The normalized spacial score (nSPS) is 13.0. The van der Waals surface area contributed by atoms with Crippen molar-refractivity contribution < 1.29 is 0 Å². The van der Waals surface area contributed by atoms with Gasteiger partial charge in [-0.15, -0.1) is 0 Å². The number of likely N-dealkylation sites (N-methyl/N-ethyl adjacent to an activating group) is 1. The van der Waals surface area contributed by atoms with Crippen LogP contribution in [0.25, 0.3) is 0 Å². The first-order valence-corrected chi connectivity index (χ1v) is 6.35. The van der Waals surface area contributed by atoms with Gasteiger partial charge in [-0.25, -0.2) is 9.67 Å². The summed E-state index contributed by atoms with van der Waals surface area (Å²) in [7, 11) is 1.99. The van der Waals surface area contributed by atoms with E-state index in [1.807, 2.05) is 7.05 Å². The molecule has 1 unspecified atom stereocenters. The third-order valence-corrected chi connectivity index (χ3v) is 2.79. The Bertz CT molecular complexity index is 300. The zero-order chi connectivity index (χ0) is 12.0. The van der Waals surface area contributed by atoms with Gasteiger partial charge in [-0.3, -0.25) is 0 Å². The first-order valence-electron chi connectivity index (χ1n) is 6.35. The number of nitrogens with zero attached hydrogens (tertiary/aromatic N) is 3. The molecular formula is C12H24N4. The molecule has 0 aliphatic carbocycles. The summed E-state index contributed by atoms with van der Waals surface area (Å²) in [5, 5.41) is 7.84. The molecule has 1 N–H and O–H groups in total. The molecule has 0 radical (unpaired) electrons. The van der Waals surface area contributed by atoms with Crippen LogP contribution in [0.1, 0.15) is 51.3 Å². The van der Waals surface area contributed by atoms with Crippen LogP contribution in [-0.2, 0) is 12.8 Å². The van der Waals surface area contributed by atoms with Gasteiger partial charge in [-0.2, -0.15) is 5.10 Å². The summed E-state index contributed by atoms with van der Waals surface area (Å²) in [5.74, 6) is 2.08. The first-order chi connectivity index (χ1) is 7.76. The number of rotatable bonds is 7. The fraction of sp³-hybridized carbons (Fsp3) is 0.833. The van der Waals surface area contributed by atoms with Gasteiger partial charge in [0.1, 0.15) is 5.82 Å². The Balaban J connectivity index is 2.91. The molecular weight excluding hydrogens is 200 g/mol. The molecule has 1 heterocycles. The van der Waals surface area contributed by atoms with E-state index in [0.717, 1.165) is 37.5 Å². The molecule has 0 spiro atoms. The summed E-state index contributed by atoms with van der Waals surface area (Å²) in [6.07, 6.45) is 4.20. The molecule has 1 aromatic heterocycles. The quantitative estimate of drug-likeness (QED) is 0.770. The minimum absolute atomic E-state index is 0.442. The van der Waals surface area contributed by atoms with E-state index in [2.05, 4.69) is 40.9 Å². The second-order valence-corrected chi connectivity index (χ2v) is 4.10. The lowest BCUT2D eigenvalue weighted by molar-refractivity contribution is 0.392. The van der Waals surface area contributed by atoms with E-state index < -0.39 is 0 Å². The van der Waals surface area contributed by atoms with Crippen LogP contribution in [-0.4, -0.2) is 28.4 Å². The lowest BCUT2D eigenvalue weighted by atomic mass is 10.1. The van der Waals surface area contributed by atoms with Crippen molar-refractivity contribution in [1.29, 1.82) is 0 Å². The average molecular weight is 224 g/mol. The lowest BCUT2D eigenvalue weighted by Crippen LogP contribution is -2.24. The van der Waals surface area contributed by atoms with Gasteiger partial charge in [-0.05, 0) is 13.5 Å². The van der Waals surface area contributed by atoms with Crippen molar-refractivity contribution in [3.8, 4) is 0 Å². The van der Waals surface area contributed by atoms with Gasteiger partial charge < -0.3 is 5.32 Å². The van der Waals surface area contributed by atoms with Gasteiger partial charge in [0.15, 0.2) is 5.82 Å². The van der Waals surface area contributed by atoms with Crippen molar-refractivity contribution in [3.63, 3.8) is 0 Å². The van der Waals surface area contributed by atoms with Crippen molar-refractivity contribution >= 4 is 0 Å². The van der Waals surface area contributed by atoms with Crippen molar-refractivity contribution in [1.82, 2.24) is 20.1 Å². The Morgan fingerprint density at radius 2 is 2.00 bits per heavy atom. The highest BCUT2D eigenvalue weighted by atomic mass is 15.4. The molecule has 1 aromatic rings. The smallest absolute Gasteiger partial charge is 0.150 e. The third-order valence-electron chi connectivity index (χ3n) is 2.79. The number of aryl methyl sites for hydroxylation is 2. The predicted octanol–water partition coefficient (Wildman–Crippen LogP) is 1.96. The lowest BCUT2D eigenvalue weighted by Gasteiger charge is -2.17. The van der Waals surface area contributed by atoms with Gasteiger partial charge in [0.05, 0.1) is 6.04 Å². The molecule has 0 fully saturated rings.